The first-order valence-corrected chi connectivity index (χ1v) is 8.13. The summed E-state index contributed by atoms with van der Waals surface area (Å²) in [5.74, 6) is -2.72. The van der Waals surface area contributed by atoms with E-state index in [9.17, 15) is 24.0 Å². The molecule has 1 aromatic rings. The molecular formula is C16H20N4O6. The van der Waals surface area contributed by atoms with Gasteiger partial charge >= 0.3 is 17.8 Å². The average molecular weight is 364 g/mol. The van der Waals surface area contributed by atoms with E-state index < -0.39 is 30.3 Å². The van der Waals surface area contributed by atoms with Gasteiger partial charge in [-0.05, 0) is 26.0 Å². The third kappa shape index (κ3) is 4.08. The molecule has 1 aliphatic heterocycles. The fourth-order valence-electron chi connectivity index (χ4n) is 2.43. The molecule has 0 aliphatic carbocycles. The normalized spacial score (nSPS) is 14.2. The molecule has 0 aromatic carbocycles. The summed E-state index contributed by atoms with van der Waals surface area (Å²) in [6, 6.07) is 2.26. The van der Waals surface area contributed by atoms with Crippen molar-refractivity contribution in [2.24, 2.45) is 0 Å². The zero-order valence-electron chi connectivity index (χ0n) is 14.6. The van der Waals surface area contributed by atoms with E-state index in [1.54, 1.807) is 26.0 Å². The average Bonchev–Trinajstić information content (AvgIpc) is 3.19. The van der Waals surface area contributed by atoms with Crippen LogP contribution in [0.1, 0.15) is 19.6 Å². The largest absolute Gasteiger partial charge is 0.467 e. The Balaban J connectivity index is 2.04. The number of carbonyl (C=O) groups excluding carboxylic acids is 5. The van der Waals surface area contributed by atoms with E-state index in [4.69, 9.17) is 4.42 Å². The molecule has 1 aliphatic rings. The van der Waals surface area contributed by atoms with Crippen LogP contribution in [0.3, 0.4) is 0 Å². The number of nitrogens with one attached hydrogen (secondary N) is 1. The van der Waals surface area contributed by atoms with Crippen LogP contribution in [0.25, 0.3) is 0 Å². The van der Waals surface area contributed by atoms with Gasteiger partial charge in [-0.2, -0.15) is 0 Å². The van der Waals surface area contributed by atoms with Crippen LogP contribution in [0.5, 0.6) is 0 Å². The third-order valence-corrected chi connectivity index (χ3v) is 3.77. The molecule has 1 N–H and O–H groups in total. The minimum absolute atomic E-state index is 0.191. The second-order valence-corrected chi connectivity index (χ2v) is 5.51. The molecule has 0 atom stereocenters. The highest BCUT2D eigenvalue weighted by atomic mass is 16.3. The van der Waals surface area contributed by atoms with Crippen molar-refractivity contribution in [3.63, 3.8) is 0 Å². The Morgan fingerprint density at radius 1 is 1.15 bits per heavy atom. The summed E-state index contributed by atoms with van der Waals surface area (Å²) in [5, 5.41) is 2.56. The molecule has 1 saturated heterocycles. The third-order valence-electron chi connectivity index (χ3n) is 3.77. The Labute approximate surface area is 149 Å². The summed E-state index contributed by atoms with van der Waals surface area (Å²) < 4.78 is 5.07. The van der Waals surface area contributed by atoms with Gasteiger partial charge in [-0.25, -0.2) is 14.6 Å². The van der Waals surface area contributed by atoms with Crippen LogP contribution < -0.4 is 5.32 Å². The summed E-state index contributed by atoms with van der Waals surface area (Å²) in [7, 11) is 0. The van der Waals surface area contributed by atoms with Gasteiger partial charge in [-0.15, -0.1) is 0 Å². The molecule has 10 nitrogen and oxygen atoms in total. The van der Waals surface area contributed by atoms with Gasteiger partial charge in [0.15, 0.2) is 0 Å². The lowest BCUT2D eigenvalue weighted by Crippen LogP contribution is -2.46. The highest BCUT2D eigenvalue weighted by molar-refractivity contribution is 6.44. The Hall–Kier alpha value is -3.17. The molecule has 2 heterocycles. The van der Waals surface area contributed by atoms with E-state index >= 15 is 0 Å². The summed E-state index contributed by atoms with van der Waals surface area (Å²) >= 11 is 0. The first-order valence-electron chi connectivity index (χ1n) is 8.13. The van der Waals surface area contributed by atoms with Gasteiger partial charge in [-0.1, -0.05) is 0 Å². The molecule has 0 unspecified atom stereocenters. The van der Waals surface area contributed by atoms with Crippen molar-refractivity contribution in [2.45, 2.75) is 20.4 Å². The Morgan fingerprint density at radius 2 is 1.85 bits per heavy atom. The minimum atomic E-state index is -1.08. The minimum Gasteiger partial charge on any atom is -0.467 e. The van der Waals surface area contributed by atoms with Crippen LogP contribution in [-0.4, -0.2) is 70.5 Å². The van der Waals surface area contributed by atoms with E-state index in [2.05, 4.69) is 5.32 Å². The lowest BCUT2D eigenvalue weighted by atomic mass is 10.4. The summed E-state index contributed by atoms with van der Waals surface area (Å²) in [6.07, 6.45) is 1.38. The SMILES string of the molecule is CCNC(=O)CN(CC)C(=O)CN1C(=O)C(=O)N(Cc2ccco2)C1=O. The van der Waals surface area contributed by atoms with Gasteiger partial charge in [0.1, 0.15) is 12.3 Å². The zero-order valence-corrected chi connectivity index (χ0v) is 14.6. The maximum atomic E-state index is 12.3. The Kier molecular flexibility index (Phi) is 6.10. The number of hydrogen-bond donors (Lipinski definition) is 1. The standard InChI is InChI=1S/C16H20N4O6/c1-3-17-12(21)9-18(4-2)13(22)10-20-15(24)14(23)19(16(20)25)8-11-6-5-7-26-11/h5-7H,3-4,8-10H2,1-2H3,(H,17,21). The monoisotopic (exact) mass is 364 g/mol. The molecular weight excluding hydrogens is 344 g/mol. The quantitative estimate of drug-likeness (QED) is 0.493. The molecule has 2 rings (SSSR count). The van der Waals surface area contributed by atoms with Crippen molar-refractivity contribution in [3.05, 3.63) is 24.2 Å². The van der Waals surface area contributed by atoms with E-state index in [0.717, 1.165) is 0 Å². The van der Waals surface area contributed by atoms with Crippen LogP contribution in [-0.2, 0) is 25.7 Å². The van der Waals surface area contributed by atoms with Gasteiger partial charge in [0.05, 0.1) is 19.4 Å². The van der Waals surface area contributed by atoms with Gasteiger partial charge < -0.3 is 14.6 Å². The first kappa shape index (κ1) is 19.2. The number of amides is 6. The topological polar surface area (TPSA) is 120 Å². The molecule has 1 aromatic heterocycles. The fraction of sp³-hybridized carbons (Fsp3) is 0.438. The summed E-state index contributed by atoms with van der Waals surface area (Å²) in [6.45, 7) is 3.06. The van der Waals surface area contributed by atoms with Crippen molar-refractivity contribution in [1.82, 2.24) is 20.0 Å². The number of likely N-dealkylation sites (N-methyl/N-ethyl adjacent to an activating group) is 2. The molecule has 0 spiro atoms. The maximum Gasteiger partial charge on any atom is 0.335 e. The van der Waals surface area contributed by atoms with E-state index in [-0.39, 0.29) is 25.5 Å². The molecule has 26 heavy (non-hydrogen) atoms. The number of hydrogen-bond acceptors (Lipinski definition) is 6. The van der Waals surface area contributed by atoms with Crippen LogP contribution in [0, 0.1) is 0 Å². The number of rotatable bonds is 8. The number of carbonyl (C=O) groups is 5. The molecule has 0 saturated carbocycles. The highest BCUT2D eigenvalue weighted by Gasteiger charge is 2.45. The number of furan rings is 1. The molecule has 10 heteroatoms. The van der Waals surface area contributed by atoms with Gasteiger partial charge in [0.25, 0.3) is 0 Å². The predicted molar refractivity (Wildman–Crippen MR) is 87.3 cm³/mol. The van der Waals surface area contributed by atoms with E-state index in [0.29, 0.717) is 22.1 Å². The van der Waals surface area contributed by atoms with Crippen molar-refractivity contribution in [2.75, 3.05) is 26.2 Å². The fourth-order valence-corrected chi connectivity index (χ4v) is 2.43. The van der Waals surface area contributed by atoms with Crippen LogP contribution in [0.2, 0.25) is 0 Å². The molecule has 1 fully saturated rings. The van der Waals surface area contributed by atoms with Gasteiger partial charge in [0, 0.05) is 13.1 Å². The lowest BCUT2D eigenvalue weighted by Gasteiger charge is -2.22. The van der Waals surface area contributed by atoms with E-state index in [1.165, 1.54) is 11.2 Å². The second-order valence-electron chi connectivity index (χ2n) is 5.51. The number of imide groups is 2. The molecule has 6 amide bonds. The summed E-state index contributed by atoms with van der Waals surface area (Å²) in [4.78, 5) is 62.9. The smallest absolute Gasteiger partial charge is 0.335 e. The van der Waals surface area contributed by atoms with Crippen molar-refractivity contribution < 1.29 is 28.4 Å². The molecule has 0 radical (unpaired) electrons. The highest BCUT2D eigenvalue weighted by Crippen LogP contribution is 2.16. The van der Waals surface area contributed by atoms with Crippen molar-refractivity contribution in [1.29, 1.82) is 0 Å². The van der Waals surface area contributed by atoms with Crippen molar-refractivity contribution >= 4 is 29.7 Å². The maximum absolute atomic E-state index is 12.3. The van der Waals surface area contributed by atoms with Gasteiger partial charge in [0.2, 0.25) is 11.8 Å². The Bertz CT molecular complexity index is 714. The summed E-state index contributed by atoms with van der Waals surface area (Å²) in [5.41, 5.74) is 0. The van der Waals surface area contributed by atoms with E-state index in [1.807, 2.05) is 0 Å². The second kappa shape index (κ2) is 8.28. The zero-order chi connectivity index (χ0) is 19.3. The molecule has 0 bridgehead atoms. The number of urea groups is 1. The van der Waals surface area contributed by atoms with Crippen molar-refractivity contribution in [3.8, 4) is 0 Å². The first-order chi connectivity index (χ1) is 12.4. The predicted octanol–water partition coefficient (Wildman–Crippen LogP) is -0.445. The van der Waals surface area contributed by atoms with Crippen LogP contribution in [0.15, 0.2) is 22.8 Å². The van der Waals surface area contributed by atoms with Crippen LogP contribution >= 0.6 is 0 Å². The molecule has 140 valence electrons. The lowest BCUT2D eigenvalue weighted by molar-refractivity contribution is -0.145. The Morgan fingerprint density at radius 3 is 2.42 bits per heavy atom. The number of nitrogens with zero attached hydrogens (tertiary/aromatic N) is 3. The van der Waals surface area contributed by atoms with Gasteiger partial charge in [-0.3, -0.25) is 19.2 Å². The van der Waals surface area contributed by atoms with Crippen LogP contribution in [0.4, 0.5) is 4.79 Å².